The van der Waals surface area contributed by atoms with Crippen LogP contribution in [0, 0.1) is 11.8 Å². The van der Waals surface area contributed by atoms with Crippen molar-refractivity contribution in [3.63, 3.8) is 0 Å². The summed E-state index contributed by atoms with van der Waals surface area (Å²) in [5.74, 6) is 5.17. The van der Waals surface area contributed by atoms with Crippen molar-refractivity contribution in [2.45, 2.75) is 45.1 Å². The van der Waals surface area contributed by atoms with Crippen LogP contribution in [0.5, 0.6) is 0 Å². The van der Waals surface area contributed by atoms with Crippen molar-refractivity contribution in [2.75, 3.05) is 6.54 Å². The van der Waals surface area contributed by atoms with Gasteiger partial charge in [0.1, 0.15) is 11.2 Å². The molecule has 0 spiro atoms. The van der Waals surface area contributed by atoms with Crippen molar-refractivity contribution in [1.82, 2.24) is 10.6 Å². The van der Waals surface area contributed by atoms with Gasteiger partial charge < -0.3 is 14.5 Å². The van der Waals surface area contributed by atoms with Crippen LogP contribution in [0.2, 0.25) is 0 Å². The average molecular weight is 382 g/mol. The molecule has 0 aliphatic carbocycles. The first-order chi connectivity index (χ1) is 13.2. The Balaban J connectivity index is 1.73. The van der Waals surface area contributed by atoms with Gasteiger partial charge in [-0.3, -0.25) is 14.9 Å². The van der Waals surface area contributed by atoms with Crippen LogP contribution in [0.1, 0.15) is 50.9 Å². The topological polar surface area (TPSA) is 97.6 Å². The first-order valence-corrected chi connectivity index (χ1v) is 9.05. The molecule has 1 fully saturated rings. The van der Waals surface area contributed by atoms with Gasteiger partial charge in [-0.1, -0.05) is 18.1 Å². The van der Waals surface area contributed by atoms with Gasteiger partial charge in [0.25, 0.3) is 0 Å². The first-order valence-electron chi connectivity index (χ1n) is 9.05. The van der Waals surface area contributed by atoms with Crippen molar-refractivity contribution in [2.24, 2.45) is 0 Å². The lowest BCUT2D eigenvalue weighted by atomic mass is 9.88. The molecule has 1 aromatic heterocycles. The molecule has 1 saturated heterocycles. The van der Waals surface area contributed by atoms with Crippen LogP contribution in [-0.2, 0) is 14.3 Å². The minimum Gasteiger partial charge on any atom is -0.448 e. The molecule has 1 aromatic carbocycles. The monoisotopic (exact) mass is 382 g/mol. The molecule has 28 heavy (non-hydrogen) atoms. The van der Waals surface area contributed by atoms with E-state index < -0.39 is 17.6 Å². The maximum atomic E-state index is 12.2. The summed E-state index contributed by atoms with van der Waals surface area (Å²) >= 11 is 0. The van der Waals surface area contributed by atoms with Gasteiger partial charge in [0.2, 0.25) is 11.8 Å². The molecule has 146 valence electrons. The minimum atomic E-state index is -0.567. The van der Waals surface area contributed by atoms with E-state index in [1.165, 1.54) is 0 Å². The predicted molar refractivity (Wildman–Crippen MR) is 102 cm³/mol. The zero-order chi connectivity index (χ0) is 20.3. The number of carbonyl (C=O) groups excluding carboxylic acids is 3. The Morgan fingerprint density at radius 1 is 1.36 bits per heavy atom. The second-order valence-corrected chi connectivity index (χ2v) is 7.53. The molecule has 3 amide bonds. The first kappa shape index (κ1) is 19.5. The van der Waals surface area contributed by atoms with Gasteiger partial charge in [-0.2, -0.15) is 0 Å². The summed E-state index contributed by atoms with van der Waals surface area (Å²) in [6, 6.07) is 7.25. The molecular weight excluding hydrogens is 360 g/mol. The summed E-state index contributed by atoms with van der Waals surface area (Å²) < 4.78 is 10.9. The molecule has 7 heteroatoms. The van der Waals surface area contributed by atoms with Crippen LogP contribution < -0.4 is 10.6 Å². The zero-order valence-electron chi connectivity index (χ0n) is 16.0. The summed E-state index contributed by atoms with van der Waals surface area (Å²) in [7, 11) is 0. The molecule has 1 aliphatic rings. The zero-order valence-corrected chi connectivity index (χ0v) is 16.0. The number of alkyl carbamates (subject to hydrolysis) is 1. The van der Waals surface area contributed by atoms with E-state index in [2.05, 4.69) is 22.5 Å². The summed E-state index contributed by atoms with van der Waals surface area (Å²) in [5, 5.41) is 5.73. The van der Waals surface area contributed by atoms with Gasteiger partial charge in [0.15, 0.2) is 5.76 Å². The van der Waals surface area contributed by atoms with E-state index in [9.17, 15) is 14.4 Å². The van der Waals surface area contributed by atoms with Crippen LogP contribution >= 0.6 is 0 Å². The van der Waals surface area contributed by atoms with Gasteiger partial charge >= 0.3 is 6.09 Å². The number of nitrogens with one attached hydrogen (secondary N) is 2. The SMILES string of the molecule is CC(C)(C)OC(=O)NCC#Cc1cc2c([C@@H]3CCC(=O)NC3=O)cccc2o1. The summed E-state index contributed by atoms with van der Waals surface area (Å²) in [4.78, 5) is 35.2. The average Bonchev–Trinajstić information content (AvgIpc) is 3.00. The molecule has 1 atom stereocenters. The third-order valence-corrected chi connectivity index (χ3v) is 4.14. The van der Waals surface area contributed by atoms with E-state index in [1.807, 2.05) is 12.1 Å². The molecular formula is C21H22N2O5. The van der Waals surface area contributed by atoms with E-state index in [1.54, 1.807) is 32.9 Å². The second kappa shape index (κ2) is 7.77. The molecule has 2 heterocycles. The molecule has 2 N–H and O–H groups in total. The van der Waals surface area contributed by atoms with Crippen LogP contribution in [-0.4, -0.2) is 30.1 Å². The number of carbonyl (C=O) groups is 3. The van der Waals surface area contributed by atoms with Crippen LogP contribution in [0.25, 0.3) is 11.0 Å². The van der Waals surface area contributed by atoms with Crippen molar-refractivity contribution in [3.05, 3.63) is 35.6 Å². The van der Waals surface area contributed by atoms with Gasteiger partial charge in [-0.05, 0) is 44.7 Å². The second-order valence-electron chi connectivity index (χ2n) is 7.53. The van der Waals surface area contributed by atoms with Crippen LogP contribution in [0.15, 0.2) is 28.7 Å². The minimum absolute atomic E-state index is 0.117. The van der Waals surface area contributed by atoms with E-state index in [-0.39, 0.29) is 18.4 Å². The number of hydrogen-bond donors (Lipinski definition) is 2. The molecule has 0 bridgehead atoms. The van der Waals surface area contributed by atoms with Gasteiger partial charge in [-0.15, -0.1) is 0 Å². The van der Waals surface area contributed by atoms with E-state index >= 15 is 0 Å². The Bertz CT molecular complexity index is 988. The highest BCUT2D eigenvalue weighted by atomic mass is 16.6. The molecule has 0 unspecified atom stereocenters. The fraction of sp³-hybridized carbons (Fsp3) is 0.381. The number of rotatable bonds is 2. The lowest BCUT2D eigenvalue weighted by molar-refractivity contribution is -0.134. The number of imide groups is 1. The highest BCUT2D eigenvalue weighted by molar-refractivity contribution is 6.02. The van der Waals surface area contributed by atoms with Gasteiger partial charge in [0, 0.05) is 17.9 Å². The van der Waals surface area contributed by atoms with Crippen LogP contribution in [0.3, 0.4) is 0 Å². The Morgan fingerprint density at radius 3 is 2.86 bits per heavy atom. The standard InChI is InChI=1S/C21H22N2O5/c1-21(2,3)28-20(26)22-11-5-6-13-12-16-14(7-4-8-17(16)27-13)15-9-10-18(24)23-19(15)25/h4,7-8,12,15H,9-11H2,1-3H3,(H,22,26)(H,23,24,25)/t15-/m0/s1. The van der Waals surface area contributed by atoms with Gasteiger partial charge in [-0.25, -0.2) is 4.79 Å². The number of furan rings is 1. The number of piperidine rings is 1. The number of ether oxygens (including phenoxy) is 1. The summed E-state index contributed by atoms with van der Waals surface area (Å²) in [5.41, 5.74) is 0.862. The maximum absolute atomic E-state index is 12.2. The number of hydrogen-bond acceptors (Lipinski definition) is 5. The fourth-order valence-corrected chi connectivity index (χ4v) is 3.00. The number of amides is 3. The van der Waals surface area contributed by atoms with Crippen LogP contribution in [0.4, 0.5) is 4.79 Å². The Hall–Kier alpha value is -3.27. The van der Waals surface area contributed by atoms with Crippen molar-refractivity contribution in [1.29, 1.82) is 0 Å². The van der Waals surface area contributed by atoms with Crippen molar-refractivity contribution >= 4 is 28.9 Å². The fourth-order valence-electron chi connectivity index (χ4n) is 3.00. The normalized spacial score (nSPS) is 16.9. The Labute approximate surface area is 162 Å². The third-order valence-electron chi connectivity index (χ3n) is 4.14. The highest BCUT2D eigenvalue weighted by Crippen LogP contribution is 2.32. The molecule has 0 radical (unpaired) electrons. The molecule has 2 aromatic rings. The lowest BCUT2D eigenvalue weighted by Gasteiger charge is -2.21. The smallest absolute Gasteiger partial charge is 0.408 e. The summed E-state index contributed by atoms with van der Waals surface area (Å²) in [6.07, 6.45) is 0.246. The molecule has 0 saturated carbocycles. The van der Waals surface area contributed by atoms with E-state index in [0.717, 1.165) is 10.9 Å². The molecule has 1 aliphatic heterocycles. The quantitative estimate of drug-likeness (QED) is 0.615. The van der Waals surface area contributed by atoms with E-state index in [4.69, 9.17) is 9.15 Å². The maximum Gasteiger partial charge on any atom is 0.408 e. The Kier molecular flexibility index (Phi) is 5.41. The number of benzene rings is 1. The largest absolute Gasteiger partial charge is 0.448 e. The van der Waals surface area contributed by atoms with Crippen molar-refractivity contribution in [3.8, 4) is 11.8 Å². The molecule has 7 nitrogen and oxygen atoms in total. The van der Waals surface area contributed by atoms with Crippen molar-refractivity contribution < 1.29 is 23.5 Å². The predicted octanol–water partition coefficient (Wildman–Crippen LogP) is 2.83. The van der Waals surface area contributed by atoms with E-state index in [0.29, 0.717) is 24.2 Å². The van der Waals surface area contributed by atoms with Gasteiger partial charge in [0.05, 0.1) is 12.5 Å². The Morgan fingerprint density at radius 2 is 2.14 bits per heavy atom. The third kappa shape index (κ3) is 4.71. The molecule has 3 rings (SSSR count). The highest BCUT2D eigenvalue weighted by Gasteiger charge is 2.29. The number of fused-ring (bicyclic) bond motifs is 1. The lowest BCUT2D eigenvalue weighted by Crippen LogP contribution is -2.39. The summed E-state index contributed by atoms with van der Waals surface area (Å²) in [6.45, 7) is 5.47.